The minimum atomic E-state index is -4.80. The maximum Gasteiger partial charge on any atom is 0.420 e. The highest BCUT2D eigenvalue weighted by molar-refractivity contribution is 6.35. The van der Waals surface area contributed by atoms with Gasteiger partial charge in [-0.3, -0.25) is 10.1 Å². The Morgan fingerprint density at radius 1 is 0.960 bits per heavy atom. The van der Waals surface area contributed by atoms with Crippen LogP contribution in [0.4, 0.5) is 18.9 Å². The molecule has 0 aliphatic heterocycles. The molecule has 0 aromatic heterocycles. The number of halogens is 4. The Kier molecular flexibility index (Phi) is 4.26. The van der Waals surface area contributed by atoms with Crippen molar-refractivity contribution in [3.63, 3.8) is 0 Å². The molecule has 0 heterocycles. The Balaban J connectivity index is 2.13. The number of benzene rings is 3. The fraction of sp³-hybridized carbons (Fsp3) is 0.0588. The molecule has 8 heteroatoms. The van der Waals surface area contributed by atoms with Crippen LogP contribution in [0.2, 0.25) is 5.02 Å². The highest BCUT2D eigenvalue weighted by Gasteiger charge is 2.36. The molecule has 25 heavy (non-hydrogen) atoms. The number of rotatable bonds is 3. The summed E-state index contributed by atoms with van der Waals surface area (Å²) in [7, 11) is 0. The highest BCUT2D eigenvalue weighted by Crippen LogP contribution is 2.42. The first-order chi connectivity index (χ1) is 11.8. The smallest absolute Gasteiger partial charge is 0.420 e. The van der Waals surface area contributed by atoms with Crippen LogP contribution in [-0.2, 0) is 6.18 Å². The minimum absolute atomic E-state index is 0.166. The molecule has 0 atom stereocenters. The van der Waals surface area contributed by atoms with Gasteiger partial charge in [0, 0.05) is 27.9 Å². The molecule has 4 nitrogen and oxygen atoms in total. The minimum Gasteiger partial charge on any atom is -0.456 e. The number of nitro benzene ring substituents is 1. The number of fused-ring (bicyclic) bond motifs is 1. The predicted octanol–water partition coefficient (Wildman–Crippen LogP) is 6.21. The van der Waals surface area contributed by atoms with E-state index in [1.54, 1.807) is 24.3 Å². The van der Waals surface area contributed by atoms with Gasteiger partial charge in [-0.05, 0) is 18.2 Å². The van der Waals surface area contributed by atoms with E-state index in [1.165, 1.54) is 12.1 Å². The lowest BCUT2D eigenvalue weighted by Gasteiger charge is -2.15. The van der Waals surface area contributed by atoms with E-state index in [4.69, 9.17) is 16.3 Å². The second-order valence-corrected chi connectivity index (χ2v) is 5.54. The van der Waals surface area contributed by atoms with Gasteiger partial charge in [-0.15, -0.1) is 0 Å². The van der Waals surface area contributed by atoms with Gasteiger partial charge in [0.05, 0.1) is 4.92 Å². The van der Waals surface area contributed by atoms with Crippen LogP contribution in [0.25, 0.3) is 10.8 Å². The highest BCUT2D eigenvalue weighted by atomic mass is 35.5. The maximum absolute atomic E-state index is 13.2. The van der Waals surface area contributed by atoms with E-state index in [2.05, 4.69) is 0 Å². The summed E-state index contributed by atoms with van der Waals surface area (Å²) >= 11 is 6.08. The largest absolute Gasteiger partial charge is 0.456 e. The lowest BCUT2D eigenvalue weighted by Crippen LogP contribution is -2.08. The molecule has 3 rings (SSSR count). The summed E-state index contributed by atoms with van der Waals surface area (Å²) in [5.41, 5.74) is -1.89. The Bertz CT molecular complexity index is 973. The van der Waals surface area contributed by atoms with Gasteiger partial charge in [0.25, 0.3) is 5.69 Å². The molecular formula is C17H9ClF3NO3. The first-order valence-electron chi connectivity index (χ1n) is 6.98. The number of nitro groups is 1. The van der Waals surface area contributed by atoms with Crippen molar-refractivity contribution in [2.45, 2.75) is 6.18 Å². The first-order valence-corrected chi connectivity index (χ1v) is 7.36. The molecule has 0 radical (unpaired) electrons. The van der Waals surface area contributed by atoms with Crippen LogP contribution in [-0.4, -0.2) is 4.92 Å². The topological polar surface area (TPSA) is 52.4 Å². The molecule has 0 bridgehead atoms. The molecule has 0 amide bonds. The van der Waals surface area contributed by atoms with Gasteiger partial charge in [-0.1, -0.05) is 35.9 Å². The van der Waals surface area contributed by atoms with Gasteiger partial charge in [0.2, 0.25) is 0 Å². The average Bonchev–Trinajstić information content (AvgIpc) is 2.57. The van der Waals surface area contributed by atoms with E-state index in [-0.39, 0.29) is 5.75 Å². The van der Waals surface area contributed by atoms with E-state index in [9.17, 15) is 23.3 Å². The molecule has 0 N–H and O–H groups in total. The number of nitrogens with zero attached hydrogens (tertiary/aromatic N) is 1. The van der Waals surface area contributed by atoms with E-state index in [0.717, 1.165) is 12.1 Å². The Hall–Kier alpha value is -2.80. The van der Waals surface area contributed by atoms with Crippen LogP contribution in [0, 0.1) is 10.1 Å². The normalized spacial score (nSPS) is 11.5. The Morgan fingerprint density at radius 2 is 1.60 bits per heavy atom. The molecular weight excluding hydrogens is 359 g/mol. The Labute approximate surface area is 144 Å². The van der Waals surface area contributed by atoms with Gasteiger partial charge in [0.15, 0.2) is 0 Å². The fourth-order valence-electron chi connectivity index (χ4n) is 2.38. The van der Waals surface area contributed by atoms with E-state index in [0.29, 0.717) is 21.9 Å². The van der Waals surface area contributed by atoms with Crippen LogP contribution in [0.3, 0.4) is 0 Å². The zero-order valence-electron chi connectivity index (χ0n) is 12.4. The second-order valence-electron chi connectivity index (χ2n) is 5.13. The summed E-state index contributed by atoms with van der Waals surface area (Å²) in [5.74, 6) is -0.357. The van der Waals surface area contributed by atoms with Crippen LogP contribution in [0.1, 0.15) is 5.56 Å². The van der Waals surface area contributed by atoms with Crippen LogP contribution >= 0.6 is 11.6 Å². The molecule has 3 aromatic rings. The summed E-state index contributed by atoms with van der Waals surface area (Å²) in [5, 5.41) is 12.3. The van der Waals surface area contributed by atoms with Crippen LogP contribution in [0.5, 0.6) is 11.5 Å². The Morgan fingerprint density at radius 3 is 2.24 bits per heavy atom. The van der Waals surface area contributed by atoms with Gasteiger partial charge >= 0.3 is 6.18 Å². The van der Waals surface area contributed by atoms with E-state index >= 15 is 0 Å². The van der Waals surface area contributed by atoms with Crippen LogP contribution < -0.4 is 4.74 Å². The van der Waals surface area contributed by atoms with Crippen molar-refractivity contribution in [3.05, 3.63) is 75.3 Å². The fourth-order valence-corrected chi connectivity index (χ4v) is 2.61. The van der Waals surface area contributed by atoms with Gasteiger partial charge in [-0.25, -0.2) is 0 Å². The van der Waals surface area contributed by atoms with E-state index in [1.807, 2.05) is 0 Å². The lowest BCUT2D eigenvalue weighted by molar-refractivity contribution is -0.385. The molecule has 0 saturated heterocycles. The monoisotopic (exact) mass is 367 g/mol. The summed E-state index contributed by atoms with van der Waals surface area (Å²) in [6, 6.07) is 12.1. The summed E-state index contributed by atoms with van der Waals surface area (Å²) < 4.78 is 45.2. The van der Waals surface area contributed by atoms with Crippen LogP contribution in [0.15, 0.2) is 54.6 Å². The van der Waals surface area contributed by atoms with Gasteiger partial charge < -0.3 is 4.74 Å². The van der Waals surface area contributed by atoms with Crippen molar-refractivity contribution >= 4 is 28.1 Å². The van der Waals surface area contributed by atoms with Gasteiger partial charge in [0.1, 0.15) is 17.1 Å². The van der Waals surface area contributed by atoms with Crippen molar-refractivity contribution in [1.82, 2.24) is 0 Å². The number of ether oxygens (including phenoxy) is 1. The molecule has 128 valence electrons. The molecule has 0 unspecified atom stereocenters. The third-order valence-corrected chi connectivity index (χ3v) is 3.86. The van der Waals surface area contributed by atoms with Gasteiger partial charge in [-0.2, -0.15) is 13.2 Å². The SMILES string of the molecule is O=[N+]([O-])c1ccc(Oc2ccc(Cl)c3ccccc23)c(C(F)(F)F)c1. The quantitative estimate of drug-likeness (QED) is 0.408. The molecule has 3 aromatic carbocycles. The van der Waals surface area contributed by atoms with Crippen molar-refractivity contribution < 1.29 is 22.8 Å². The first kappa shape index (κ1) is 17.0. The molecule has 0 aliphatic rings. The van der Waals surface area contributed by atoms with Crippen molar-refractivity contribution in [2.75, 3.05) is 0 Å². The summed E-state index contributed by atoms with van der Waals surface area (Å²) in [6.45, 7) is 0. The zero-order chi connectivity index (χ0) is 18.2. The van der Waals surface area contributed by atoms with Crippen molar-refractivity contribution in [1.29, 1.82) is 0 Å². The lowest BCUT2D eigenvalue weighted by atomic mass is 10.1. The summed E-state index contributed by atoms with van der Waals surface area (Å²) in [4.78, 5) is 9.85. The average molecular weight is 368 g/mol. The molecule has 0 fully saturated rings. The number of alkyl halides is 3. The molecule has 0 spiro atoms. The van der Waals surface area contributed by atoms with Crippen molar-refractivity contribution in [3.8, 4) is 11.5 Å². The predicted molar refractivity (Wildman–Crippen MR) is 87.1 cm³/mol. The van der Waals surface area contributed by atoms with Crippen molar-refractivity contribution in [2.24, 2.45) is 0 Å². The second kappa shape index (κ2) is 6.25. The third kappa shape index (κ3) is 3.36. The number of hydrogen-bond donors (Lipinski definition) is 0. The molecule has 0 saturated carbocycles. The number of hydrogen-bond acceptors (Lipinski definition) is 3. The van der Waals surface area contributed by atoms with E-state index < -0.39 is 28.1 Å². The zero-order valence-corrected chi connectivity index (χ0v) is 13.1. The molecule has 0 aliphatic carbocycles. The standard InChI is InChI=1S/C17H9ClF3NO3/c18-14-6-8-15(12-4-2-1-3-11(12)14)25-16-7-5-10(22(23)24)9-13(16)17(19,20)21/h1-9H. The maximum atomic E-state index is 13.2. The number of non-ortho nitro benzene ring substituents is 1. The summed E-state index contributed by atoms with van der Waals surface area (Å²) in [6.07, 6.45) is -4.80. The third-order valence-electron chi connectivity index (χ3n) is 3.53.